The van der Waals surface area contributed by atoms with Gasteiger partial charge in [0.2, 0.25) is 11.9 Å². The fraction of sp³-hybridized carbons (Fsp3) is 0.360. The standard InChI is InChI=1S/C25H27N11O7/c26-24-32-19-18(21(38)33-24)13(10-30-19)9-28-3-5-42-6-4-29-20(37)17-8-14(34-35-27)11-36(17)22(39)12-1-2-15-16(7-12)31-25(41)43-23(15)40/h1-2,7,10,14,17,28H,3-6,8-9,11H2,(H,29,37)(H,31,41)(H4,26,30,32,33,38)/t14?,17-/m0/s1. The molecule has 1 saturated heterocycles. The van der Waals surface area contributed by atoms with Gasteiger partial charge in [-0.15, -0.1) is 0 Å². The fourth-order valence-electron chi connectivity index (χ4n) is 4.94. The van der Waals surface area contributed by atoms with E-state index in [1.54, 1.807) is 6.20 Å². The number of rotatable bonds is 11. The van der Waals surface area contributed by atoms with Crippen LogP contribution in [-0.4, -0.2) is 81.6 Å². The third-order valence-electron chi connectivity index (χ3n) is 6.89. The predicted molar refractivity (Wildman–Crippen MR) is 152 cm³/mol. The number of azide groups is 1. The number of carbonyl (C=O) groups is 2. The first-order valence-corrected chi connectivity index (χ1v) is 13.2. The van der Waals surface area contributed by atoms with Crippen LogP contribution in [0.3, 0.4) is 0 Å². The summed E-state index contributed by atoms with van der Waals surface area (Å²) in [5.74, 6) is -1.91. The molecule has 2 atom stereocenters. The molecule has 18 heteroatoms. The lowest BCUT2D eigenvalue weighted by molar-refractivity contribution is -0.125. The zero-order chi connectivity index (χ0) is 30.5. The molecule has 0 spiro atoms. The Morgan fingerprint density at radius 1 is 1.23 bits per heavy atom. The molecule has 1 aromatic carbocycles. The van der Waals surface area contributed by atoms with Crippen molar-refractivity contribution in [3.05, 3.63) is 77.3 Å². The van der Waals surface area contributed by atoms with Gasteiger partial charge in [0.05, 0.1) is 35.5 Å². The minimum Gasteiger partial charge on any atom is -0.378 e. The number of aromatic nitrogens is 4. The predicted octanol–water partition coefficient (Wildman–Crippen LogP) is -0.556. The molecular weight excluding hydrogens is 566 g/mol. The van der Waals surface area contributed by atoms with E-state index >= 15 is 0 Å². The summed E-state index contributed by atoms with van der Waals surface area (Å²) in [4.78, 5) is 77.9. The number of nitrogens with two attached hydrogens (primary N) is 1. The quantitative estimate of drug-likeness (QED) is 0.0558. The molecule has 5 rings (SSSR count). The lowest BCUT2D eigenvalue weighted by Crippen LogP contribution is -2.46. The number of fused-ring (bicyclic) bond motifs is 2. The number of hydrogen-bond donors (Lipinski definition) is 6. The number of aromatic amines is 3. The van der Waals surface area contributed by atoms with E-state index < -0.39 is 35.3 Å². The Kier molecular flexibility index (Phi) is 8.51. The van der Waals surface area contributed by atoms with Gasteiger partial charge in [-0.3, -0.25) is 24.4 Å². The van der Waals surface area contributed by atoms with E-state index in [9.17, 15) is 24.0 Å². The molecule has 1 aliphatic heterocycles. The second kappa shape index (κ2) is 12.6. The van der Waals surface area contributed by atoms with E-state index in [4.69, 9.17) is 16.0 Å². The molecule has 1 aliphatic rings. The summed E-state index contributed by atoms with van der Waals surface area (Å²) in [5.41, 5.74) is 14.6. The summed E-state index contributed by atoms with van der Waals surface area (Å²) in [5, 5.41) is 10.1. The van der Waals surface area contributed by atoms with Crippen LogP contribution in [0.5, 0.6) is 0 Å². The first-order chi connectivity index (χ1) is 20.7. The zero-order valence-electron chi connectivity index (χ0n) is 22.6. The number of nitrogens with one attached hydrogen (secondary N) is 5. The van der Waals surface area contributed by atoms with Crippen LogP contribution in [0.4, 0.5) is 5.95 Å². The minimum absolute atomic E-state index is 0.0143. The van der Waals surface area contributed by atoms with Gasteiger partial charge in [0, 0.05) is 42.9 Å². The van der Waals surface area contributed by atoms with Crippen LogP contribution in [0.2, 0.25) is 0 Å². The number of ether oxygens (including phenoxy) is 1. The van der Waals surface area contributed by atoms with Crippen LogP contribution in [-0.2, 0) is 16.1 Å². The summed E-state index contributed by atoms with van der Waals surface area (Å²) in [6.07, 6.45) is 1.80. The largest absolute Gasteiger partial charge is 0.419 e. The Labute approximate surface area is 240 Å². The van der Waals surface area contributed by atoms with Gasteiger partial charge in [-0.05, 0) is 35.7 Å². The number of benzene rings is 1. The Morgan fingerprint density at radius 3 is 2.86 bits per heavy atom. The highest BCUT2D eigenvalue weighted by molar-refractivity contribution is 6.00. The van der Waals surface area contributed by atoms with Gasteiger partial charge in [0.25, 0.3) is 11.5 Å². The van der Waals surface area contributed by atoms with Crippen LogP contribution < -0.4 is 33.3 Å². The van der Waals surface area contributed by atoms with Crippen molar-refractivity contribution in [2.24, 2.45) is 5.11 Å². The number of carbonyl (C=O) groups excluding carboxylic acids is 2. The van der Waals surface area contributed by atoms with Crippen molar-refractivity contribution in [3.63, 3.8) is 0 Å². The topological polar surface area (TPSA) is 270 Å². The Hall–Kier alpha value is -5.45. The van der Waals surface area contributed by atoms with Gasteiger partial charge in [0.15, 0.2) is 0 Å². The molecular formula is C25H27N11O7. The van der Waals surface area contributed by atoms with E-state index in [2.05, 4.69) is 45.0 Å². The lowest BCUT2D eigenvalue weighted by atomic mass is 10.1. The van der Waals surface area contributed by atoms with Crippen molar-refractivity contribution in [1.29, 1.82) is 0 Å². The van der Waals surface area contributed by atoms with Gasteiger partial charge in [0.1, 0.15) is 11.7 Å². The molecule has 0 radical (unpaired) electrons. The molecule has 1 unspecified atom stereocenters. The Morgan fingerprint density at radius 2 is 2.05 bits per heavy atom. The molecule has 1 fully saturated rings. The molecule has 18 nitrogen and oxygen atoms in total. The van der Waals surface area contributed by atoms with Gasteiger partial charge in [-0.1, -0.05) is 5.11 Å². The molecule has 4 heterocycles. The number of H-pyrrole nitrogens is 3. The van der Waals surface area contributed by atoms with Crippen molar-refractivity contribution in [2.75, 3.05) is 38.6 Å². The highest BCUT2D eigenvalue weighted by Gasteiger charge is 2.39. The molecule has 7 N–H and O–H groups in total. The van der Waals surface area contributed by atoms with Crippen LogP contribution in [0, 0.1) is 0 Å². The Balaban J connectivity index is 1.11. The van der Waals surface area contributed by atoms with E-state index in [0.717, 1.165) is 5.56 Å². The Bertz CT molecular complexity index is 1900. The molecule has 2 amide bonds. The highest BCUT2D eigenvalue weighted by atomic mass is 16.5. The van der Waals surface area contributed by atoms with E-state index in [1.807, 2.05) is 0 Å². The van der Waals surface area contributed by atoms with Crippen LogP contribution in [0.15, 0.2) is 48.3 Å². The average molecular weight is 594 g/mol. The molecule has 3 aromatic heterocycles. The molecule has 0 saturated carbocycles. The first-order valence-electron chi connectivity index (χ1n) is 13.2. The van der Waals surface area contributed by atoms with E-state index in [0.29, 0.717) is 30.7 Å². The van der Waals surface area contributed by atoms with Gasteiger partial charge < -0.3 is 35.4 Å². The van der Waals surface area contributed by atoms with Gasteiger partial charge >= 0.3 is 11.4 Å². The molecule has 0 aliphatic carbocycles. The lowest BCUT2D eigenvalue weighted by Gasteiger charge is -2.24. The summed E-state index contributed by atoms with van der Waals surface area (Å²) in [7, 11) is 0. The average Bonchev–Trinajstić information content (AvgIpc) is 3.58. The SMILES string of the molecule is [N-]=[N+]=NC1C[C@@H](C(=O)NCCOCCNCc2c[nH]c3nc(N)[nH]c(=O)c23)N(C(=O)c2ccc3c(=O)oc(=O)[nH]c3c2)C1. The maximum absolute atomic E-state index is 13.3. The smallest absolute Gasteiger partial charge is 0.378 e. The second-order valence-corrected chi connectivity index (χ2v) is 9.70. The first kappa shape index (κ1) is 29.1. The van der Waals surface area contributed by atoms with Crippen molar-refractivity contribution in [1.82, 2.24) is 35.5 Å². The van der Waals surface area contributed by atoms with Crippen molar-refractivity contribution < 1.29 is 18.7 Å². The fourth-order valence-corrected chi connectivity index (χ4v) is 4.94. The zero-order valence-corrected chi connectivity index (χ0v) is 22.6. The van der Waals surface area contributed by atoms with Crippen molar-refractivity contribution in [3.8, 4) is 0 Å². The third kappa shape index (κ3) is 6.40. The van der Waals surface area contributed by atoms with Crippen LogP contribution in [0.1, 0.15) is 22.3 Å². The number of amides is 2. The van der Waals surface area contributed by atoms with Crippen LogP contribution in [0.25, 0.3) is 32.4 Å². The molecule has 224 valence electrons. The summed E-state index contributed by atoms with van der Waals surface area (Å²) >= 11 is 0. The highest BCUT2D eigenvalue weighted by Crippen LogP contribution is 2.24. The third-order valence-corrected chi connectivity index (χ3v) is 6.89. The number of nitrogens with zero attached hydrogens (tertiary/aromatic N) is 5. The van der Waals surface area contributed by atoms with Crippen molar-refractivity contribution in [2.45, 2.75) is 25.0 Å². The summed E-state index contributed by atoms with van der Waals surface area (Å²) in [6.45, 7) is 1.58. The normalized spacial score (nSPS) is 16.4. The molecule has 4 aromatic rings. The number of hydrogen-bond acceptors (Lipinski definition) is 11. The summed E-state index contributed by atoms with van der Waals surface area (Å²) in [6, 6.07) is 2.54. The van der Waals surface area contributed by atoms with E-state index in [1.165, 1.54) is 23.1 Å². The number of likely N-dealkylation sites (tertiary alicyclic amines) is 1. The maximum atomic E-state index is 13.3. The second-order valence-electron chi connectivity index (χ2n) is 9.70. The van der Waals surface area contributed by atoms with Crippen molar-refractivity contribution >= 4 is 39.7 Å². The summed E-state index contributed by atoms with van der Waals surface area (Å²) < 4.78 is 10.1. The van der Waals surface area contributed by atoms with Gasteiger partial charge in [-0.25, -0.2) is 9.59 Å². The van der Waals surface area contributed by atoms with Gasteiger partial charge in [-0.2, -0.15) is 4.98 Å². The molecule has 43 heavy (non-hydrogen) atoms. The number of nitrogen functional groups attached to an aromatic ring is 1. The monoisotopic (exact) mass is 593 g/mol. The number of anilines is 1. The maximum Gasteiger partial charge on any atom is 0.419 e. The van der Waals surface area contributed by atoms with E-state index in [-0.39, 0.29) is 54.1 Å². The minimum atomic E-state index is -0.962. The molecule has 0 bridgehead atoms. The van der Waals surface area contributed by atoms with Crippen LogP contribution >= 0.6 is 0 Å².